The van der Waals surface area contributed by atoms with Gasteiger partial charge in [-0.05, 0) is 43.0 Å². The summed E-state index contributed by atoms with van der Waals surface area (Å²) in [6.45, 7) is 5.14. The van der Waals surface area contributed by atoms with Crippen LogP contribution in [0, 0.1) is 11.8 Å². The fourth-order valence-electron chi connectivity index (χ4n) is 4.93. The van der Waals surface area contributed by atoms with Crippen molar-refractivity contribution in [2.45, 2.75) is 31.5 Å². The second-order valence-corrected chi connectivity index (χ2v) is 8.92. The number of carboxylic acids is 1. The smallest absolute Gasteiger partial charge is 0.475 e. The van der Waals surface area contributed by atoms with Crippen molar-refractivity contribution in [2.24, 2.45) is 11.8 Å². The maximum atomic E-state index is 12.9. The number of ether oxygens (including phenoxy) is 1. The average Bonchev–Trinajstić information content (AvgIpc) is 3.18. The molecule has 34 heavy (non-hydrogen) atoms. The molecule has 0 aromatic carbocycles. The Bertz CT molecular complexity index is 1070. The molecular weight excluding hydrogens is 453 g/mol. The monoisotopic (exact) mass is 480 g/mol. The zero-order chi connectivity index (χ0) is 24.7. The van der Waals surface area contributed by atoms with Crippen LogP contribution in [0.2, 0.25) is 0 Å². The third kappa shape index (κ3) is 4.24. The van der Waals surface area contributed by atoms with E-state index in [1.165, 1.54) is 5.69 Å². The van der Waals surface area contributed by atoms with Crippen molar-refractivity contribution in [3.05, 3.63) is 42.4 Å². The number of carbonyl (C=O) groups excluding carboxylic acids is 1. The van der Waals surface area contributed by atoms with Gasteiger partial charge in [0.15, 0.2) is 5.82 Å². The quantitative estimate of drug-likeness (QED) is 0.724. The van der Waals surface area contributed by atoms with Gasteiger partial charge in [0, 0.05) is 45.1 Å². The van der Waals surface area contributed by atoms with Gasteiger partial charge in [0.25, 0.3) is 0 Å². The van der Waals surface area contributed by atoms with E-state index in [4.69, 9.17) is 14.6 Å². The van der Waals surface area contributed by atoms with Crippen molar-refractivity contribution in [2.75, 3.05) is 38.3 Å². The molecule has 184 valence electrons. The second-order valence-electron chi connectivity index (χ2n) is 8.92. The number of carbonyl (C=O) groups is 2. The minimum Gasteiger partial charge on any atom is -0.475 e. The first-order valence-electron chi connectivity index (χ1n) is 11.1. The Morgan fingerprint density at radius 2 is 2.00 bits per heavy atom. The lowest BCUT2D eigenvalue weighted by Gasteiger charge is -2.47. The maximum absolute atomic E-state index is 12.9. The van der Waals surface area contributed by atoms with Crippen molar-refractivity contribution in [3.63, 3.8) is 0 Å². The van der Waals surface area contributed by atoms with Crippen molar-refractivity contribution >= 4 is 17.6 Å². The Morgan fingerprint density at radius 1 is 1.29 bits per heavy atom. The Labute approximate surface area is 194 Å². The van der Waals surface area contributed by atoms with Crippen molar-refractivity contribution in [1.29, 1.82) is 0 Å². The van der Waals surface area contributed by atoms with Crippen LogP contribution in [0.25, 0.3) is 5.82 Å². The Hall–Kier alpha value is -3.08. The molecule has 1 aliphatic carbocycles. The largest absolute Gasteiger partial charge is 0.490 e. The number of rotatable bonds is 4. The number of carboxylic acid groups (broad SMARTS) is 1. The van der Waals surface area contributed by atoms with Gasteiger partial charge in [-0.15, -0.1) is 0 Å². The number of methoxy groups -OCH3 is 1. The minimum atomic E-state index is -5.08. The first-order chi connectivity index (χ1) is 16.1. The van der Waals surface area contributed by atoms with E-state index in [1.54, 1.807) is 7.11 Å². The lowest BCUT2D eigenvalue weighted by Crippen LogP contribution is -2.53. The molecule has 0 bridgehead atoms. The maximum Gasteiger partial charge on any atom is 0.490 e. The number of hydrogen-bond acceptors (Lipinski definition) is 5. The normalized spacial score (nSPS) is 24.9. The summed E-state index contributed by atoms with van der Waals surface area (Å²) in [6.07, 6.45) is 0.818. The van der Waals surface area contributed by atoms with E-state index in [1.807, 2.05) is 12.3 Å². The van der Waals surface area contributed by atoms with E-state index < -0.39 is 12.1 Å². The molecule has 2 aliphatic heterocycles. The van der Waals surface area contributed by atoms with Gasteiger partial charge in [-0.2, -0.15) is 13.2 Å². The van der Waals surface area contributed by atoms with Crippen LogP contribution in [0.15, 0.2) is 36.7 Å². The van der Waals surface area contributed by atoms with E-state index >= 15 is 0 Å². The Morgan fingerprint density at radius 3 is 2.62 bits per heavy atom. The fraction of sp³-hybridized carbons (Fsp3) is 0.522. The third-order valence-corrected chi connectivity index (χ3v) is 6.77. The summed E-state index contributed by atoms with van der Waals surface area (Å²) < 4.78 is 39.4. The molecule has 2 aromatic rings. The van der Waals surface area contributed by atoms with Crippen LogP contribution >= 0.6 is 0 Å². The summed E-state index contributed by atoms with van der Waals surface area (Å²) in [5.41, 5.74) is 2.13. The van der Waals surface area contributed by atoms with Crippen molar-refractivity contribution < 1.29 is 32.6 Å². The number of halogens is 3. The van der Waals surface area contributed by atoms with Crippen LogP contribution in [0.1, 0.15) is 25.5 Å². The Balaban J connectivity index is 0.000000344. The molecule has 3 atom stereocenters. The molecule has 3 unspecified atom stereocenters. The fourth-order valence-corrected chi connectivity index (χ4v) is 4.93. The molecule has 1 saturated carbocycles. The predicted molar refractivity (Wildman–Crippen MR) is 117 cm³/mol. The number of pyridine rings is 1. The molecule has 2 aromatic heterocycles. The number of amides is 1. The molecule has 2 fully saturated rings. The summed E-state index contributed by atoms with van der Waals surface area (Å²) in [5.74, 6) is -0.691. The van der Waals surface area contributed by atoms with Gasteiger partial charge in [0.1, 0.15) is 5.54 Å². The van der Waals surface area contributed by atoms with Crippen molar-refractivity contribution in [1.82, 2.24) is 14.5 Å². The molecule has 1 N–H and O–H groups in total. The Kier molecular flexibility index (Phi) is 6.32. The van der Waals surface area contributed by atoms with Gasteiger partial charge < -0.3 is 24.2 Å². The number of anilines is 1. The molecule has 3 aliphatic rings. The highest BCUT2D eigenvalue weighted by Crippen LogP contribution is 2.48. The number of likely N-dealkylation sites (tertiary alicyclic amines) is 1. The third-order valence-electron chi connectivity index (χ3n) is 6.77. The summed E-state index contributed by atoms with van der Waals surface area (Å²) >= 11 is 0. The highest BCUT2D eigenvalue weighted by atomic mass is 19.4. The topological polar surface area (TPSA) is 87.9 Å². The predicted octanol–water partition coefficient (Wildman–Crippen LogP) is 3.06. The number of hydrogen-bond donors (Lipinski definition) is 1. The zero-order valence-electron chi connectivity index (χ0n) is 19.0. The summed E-state index contributed by atoms with van der Waals surface area (Å²) in [7, 11) is 1.74. The first kappa shape index (κ1) is 24.1. The number of alkyl halides is 3. The minimum absolute atomic E-state index is 0.216. The zero-order valence-corrected chi connectivity index (χ0v) is 19.0. The highest BCUT2D eigenvalue weighted by Gasteiger charge is 2.53. The van der Waals surface area contributed by atoms with Gasteiger partial charge in [-0.1, -0.05) is 6.92 Å². The molecule has 1 spiro atoms. The number of aliphatic carboxylic acids is 1. The van der Waals surface area contributed by atoms with Crippen LogP contribution in [-0.2, 0) is 19.9 Å². The summed E-state index contributed by atoms with van der Waals surface area (Å²) in [4.78, 5) is 31.0. The molecule has 1 saturated heterocycles. The number of aromatic nitrogens is 2. The standard InChI is InChI=1S/C21H26N4O2.C2HF3O2/c1-15-13-16(15)20(26)23-10-7-21(14-23)18-6-4-9-24(18)19-17(5-3-8-22-19)25(21)11-12-27-2;3-2(4,5)1(6)7/h3-6,8-9,15-16H,7,10-14H2,1-2H3;(H,6,7). The number of nitrogens with zero attached hydrogens (tertiary/aromatic N) is 4. The first-order valence-corrected chi connectivity index (χ1v) is 11.1. The van der Waals surface area contributed by atoms with E-state index in [0.29, 0.717) is 18.4 Å². The van der Waals surface area contributed by atoms with Crippen LogP contribution < -0.4 is 4.90 Å². The van der Waals surface area contributed by atoms with Crippen molar-refractivity contribution in [3.8, 4) is 5.82 Å². The SMILES string of the molecule is COCCN1c2cccnc2-n2cccc2C12CCN(C(=O)C1CC1C)C2.O=C(O)C(F)(F)F. The van der Waals surface area contributed by atoms with Gasteiger partial charge >= 0.3 is 12.1 Å². The molecule has 5 rings (SSSR count). The van der Waals surface area contributed by atoms with E-state index in [2.05, 4.69) is 50.7 Å². The van der Waals surface area contributed by atoms with E-state index in [9.17, 15) is 18.0 Å². The van der Waals surface area contributed by atoms with Crippen LogP contribution in [0.5, 0.6) is 0 Å². The highest BCUT2D eigenvalue weighted by molar-refractivity contribution is 5.82. The van der Waals surface area contributed by atoms with Crippen LogP contribution in [-0.4, -0.2) is 71.0 Å². The van der Waals surface area contributed by atoms with Gasteiger partial charge in [0.05, 0.1) is 18.0 Å². The lowest BCUT2D eigenvalue weighted by molar-refractivity contribution is -0.192. The van der Waals surface area contributed by atoms with E-state index in [0.717, 1.165) is 44.0 Å². The van der Waals surface area contributed by atoms with Gasteiger partial charge in [0.2, 0.25) is 5.91 Å². The molecule has 8 nitrogen and oxygen atoms in total. The van der Waals surface area contributed by atoms with Gasteiger partial charge in [-0.25, -0.2) is 9.78 Å². The molecule has 0 radical (unpaired) electrons. The summed E-state index contributed by atoms with van der Waals surface area (Å²) in [5, 5.41) is 7.12. The summed E-state index contributed by atoms with van der Waals surface area (Å²) in [6, 6.07) is 8.40. The lowest BCUT2D eigenvalue weighted by atomic mass is 9.89. The molecule has 11 heteroatoms. The molecular formula is C23H27F3N4O4. The van der Waals surface area contributed by atoms with Crippen LogP contribution in [0.4, 0.5) is 18.9 Å². The average molecular weight is 480 g/mol. The number of fused-ring (bicyclic) bond motifs is 4. The van der Waals surface area contributed by atoms with E-state index in [-0.39, 0.29) is 11.5 Å². The second kappa shape index (κ2) is 8.94. The molecule has 1 amide bonds. The molecule has 4 heterocycles. The van der Waals surface area contributed by atoms with Gasteiger partial charge in [-0.3, -0.25) is 4.79 Å². The van der Waals surface area contributed by atoms with Crippen LogP contribution in [0.3, 0.4) is 0 Å².